The molecule has 8 nitrogen and oxygen atoms in total. The number of anilines is 1. The molecule has 6 aliphatic rings. The van der Waals surface area contributed by atoms with Gasteiger partial charge in [-0.05, 0) is 86.7 Å². The highest BCUT2D eigenvalue weighted by molar-refractivity contribution is 5.81. The van der Waals surface area contributed by atoms with Crippen LogP contribution in [0.3, 0.4) is 0 Å². The number of ether oxygens (including phenoxy) is 1. The average molecular weight is 519 g/mol. The van der Waals surface area contributed by atoms with Gasteiger partial charge in [-0.1, -0.05) is 19.1 Å². The van der Waals surface area contributed by atoms with E-state index in [-0.39, 0.29) is 11.6 Å². The quantitative estimate of drug-likeness (QED) is 0.661. The lowest BCUT2D eigenvalue weighted by atomic mass is 9.54. The summed E-state index contributed by atoms with van der Waals surface area (Å²) in [7, 11) is 0. The van der Waals surface area contributed by atoms with Crippen molar-refractivity contribution in [1.82, 2.24) is 14.5 Å². The van der Waals surface area contributed by atoms with E-state index in [4.69, 9.17) is 9.72 Å². The SMILES string of the molecule is CC12C[C@H]3C[C@@H](N4[C@@H]5COC[C@H]4CC(n4c(=O)c(N6CC[C@H]6C(=O)O)nc6ccccc64)C5)C[C@@H]1C[C@@H]2C3. The van der Waals surface area contributed by atoms with Gasteiger partial charge in [-0.3, -0.25) is 9.69 Å². The lowest BCUT2D eigenvalue weighted by Crippen LogP contribution is -2.62. The van der Waals surface area contributed by atoms with E-state index in [1.54, 1.807) is 4.90 Å². The molecule has 4 heterocycles. The molecule has 38 heavy (non-hydrogen) atoms. The van der Waals surface area contributed by atoms with E-state index in [9.17, 15) is 14.7 Å². The molecule has 8 rings (SSSR count). The molecule has 1 aromatic heterocycles. The summed E-state index contributed by atoms with van der Waals surface area (Å²) in [6.45, 7) is 4.59. The van der Waals surface area contributed by atoms with E-state index in [1.807, 2.05) is 28.8 Å². The Morgan fingerprint density at radius 2 is 1.76 bits per heavy atom. The molecular formula is C30H38N4O4. The molecule has 6 fully saturated rings. The van der Waals surface area contributed by atoms with E-state index < -0.39 is 12.0 Å². The van der Waals surface area contributed by atoms with E-state index in [0.29, 0.717) is 42.3 Å². The molecule has 3 aliphatic carbocycles. The molecule has 9 atom stereocenters. The van der Waals surface area contributed by atoms with Gasteiger partial charge in [0.25, 0.3) is 5.56 Å². The molecule has 3 saturated heterocycles. The summed E-state index contributed by atoms with van der Waals surface area (Å²) in [6.07, 6.45) is 9.27. The number of carboxylic acids is 1. The Kier molecular flexibility index (Phi) is 5.10. The fourth-order valence-corrected chi connectivity index (χ4v) is 9.77. The number of carbonyl (C=O) groups is 1. The van der Waals surface area contributed by atoms with Gasteiger partial charge in [-0.15, -0.1) is 0 Å². The number of piperidine rings is 1. The van der Waals surface area contributed by atoms with Crippen LogP contribution in [0.2, 0.25) is 0 Å². The van der Waals surface area contributed by atoms with Crippen molar-refractivity contribution in [1.29, 1.82) is 0 Å². The molecule has 2 aromatic rings. The molecule has 3 aliphatic heterocycles. The molecule has 0 spiro atoms. The van der Waals surface area contributed by atoms with Crippen molar-refractivity contribution in [3.8, 4) is 0 Å². The van der Waals surface area contributed by atoms with Crippen LogP contribution >= 0.6 is 0 Å². The molecule has 202 valence electrons. The van der Waals surface area contributed by atoms with Gasteiger partial charge >= 0.3 is 5.97 Å². The summed E-state index contributed by atoms with van der Waals surface area (Å²) in [5, 5.41) is 9.65. The Morgan fingerprint density at radius 3 is 2.50 bits per heavy atom. The zero-order chi connectivity index (χ0) is 25.8. The summed E-state index contributed by atoms with van der Waals surface area (Å²) in [5.74, 6) is 2.12. The first-order valence-corrected chi connectivity index (χ1v) is 14.8. The Labute approximate surface area is 223 Å². The van der Waals surface area contributed by atoms with Crippen LogP contribution in [0, 0.1) is 23.2 Å². The van der Waals surface area contributed by atoms with Crippen molar-refractivity contribution in [3.05, 3.63) is 34.6 Å². The van der Waals surface area contributed by atoms with E-state index in [2.05, 4.69) is 11.8 Å². The molecule has 3 saturated carbocycles. The fourth-order valence-electron chi connectivity index (χ4n) is 9.77. The number of carboxylic acid groups (broad SMARTS) is 1. The maximum atomic E-state index is 14.0. The van der Waals surface area contributed by atoms with Crippen LogP contribution in [0.1, 0.15) is 64.3 Å². The molecule has 4 bridgehead atoms. The smallest absolute Gasteiger partial charge is 0.326 e. The summed E-state index contributed by atoms with van der Waals surface area (Å²) < 4.78 is 8.09. The van der Waals surface area contributed by atoms with Gasteiger partial charge < -0.3 is 19.3 Å². The second-order valence-corrected chi connectivity index (χ2v) is 13.4. The van der Waals surface area contributed by atoms with Gasteiger partial charge in [0.1, 0.15) is 6.04 Å². The third kappa shape index (κ3) is 3.25. The van der Waals surface area contributed by atoms with Gasteiger partial charge in [0.05, 0.1) is 24.2 Å². The minimum Gasteiger partial charge on any atom is -0.480 e. The van der Waals surface area contributed by atoms with E-state index >= 15 is 0 Å². The number of fused-ring (bicyclic) bond motifs is 4. The third-order valence-corrected chi connectivity index (χ3v) is 11.6. The second-order valence-electron chi connectivity index (χ2n) is 13.4. The number of morpholine rings is 1. The van der Waals surface area contributed by atoms with Crippen molar-refractivity contribution in [2.75, 3.05) is 24.7 Å². The first-order valence-electron chi connectivity index (χ1n) is 14.8. The third-order valence-electron chi connectivity index (χ3n) is 11.6. The van der Waals surface area contributed by atoms with Crippen molar-refractivity contribution < 1.29 is 14.6 Å². The number of para-hydroxylation sites is 2. The highest BCUT2D eigenvalue weighted by atomic mass is 16.5. The molecule has 1 N–H and O–H groups in total. The highest BCUT2D eigenvalue weighted by Gasteiger charge is 2.60. The van der Waals surface area contributed by atoms with E-state index in [0.717, 1.165) is 54.8 Å². The van der Waals surface area contributed by atoms with Crippen molar-refractivity contribution >= 4 is 22.8 Å². The van der Waals surface area contributed by atoms with Gasteiger partial charge in [0, 0.05) is 30.7 Å². The standard InChI is InChI=1S/C30H38N4O4/c1-30-14-17-8-18(30)10-19(30)11-20(9-17)33-22-12-21(13-23(33)16-38-15-22)34-25-5-3-2-4-24(25)31-27(28(34)35)32-7-6-26(32)29(36)37/h2-5,17-23,26H,6-16H2,1H3,(H,36,37)/t17-,18+,19+,20-,21?,22-,23+,26+,30?/m1/s1. The summed E-state index contributed by atoms with van der Waals surface area (Å²) in [5.41, 5.74) is 2.06. The largest absolute Gasteiger partial charge is 0.480 e. The molecule has 0 amide bonds. The number of hydrogen-bond acceptors (Lipinski definition) is 6. The van der Waals surface area contributed by atoms with Gasteiger partial charge in [0.15, 0.2) is 5.82 Å². The van der Waals surface area contributed by atoms with Crippen molar-refractivity contribution in [2.24, 2.45) is 23.2 Å². The first kappa shape index (κ1) is 23.4. The van der Waals surface area contributed by atoms with Gasteiger partial charge in [-0.25, -0.2) is 9.78 Å². The highest BCUT2D eigenvalue weighted by Crippen LogP contribution is 2.67. The van der Waals surface area contributed by atoms with Crippen LogP contribution in [0.25, 0.3) is 11.0 Å². The predicted octanol–water partition coefficient (Wildman–Crippen LogP) is 3.68. The monoisotopic (exact) mass is 518 g/mol. The Morgan fingerprint density at radius 1 is 1.00 bits per heavy atom. The Bertz CT molecular complexity index is 1350. The van der Waals surface area contributed by atoms with Gasteiger partial charge in [-0.2, -0.15) is 0 Å². The maximum absolute atomic E-state index is 14.0. The zero-order valence-corrected chi connectivity index (χ0v) is 22.2. The summed E-state index contributed by atoms with van der Waals surface area (Å²) in [6, 6.07) is 8.49. The summed E-state index contributed by atoms with van der Waals surface area (Å²) >= 11 is 0. The predicted molar refractivity (Wildman–Crippen MR) is 143 cm³/mol. The van der Waals surface area contributed by atoms with Crippen LogP contribution in [-0.2, 0) is 9.53 Å². The molecule has 2 unspecified atom stereocenters. The van der Waals surface area contributed by atoms with Crippen LogP contribution in [0.4, 0.5) is 5.82 Å². The lowest BCUT2D eigenvalue weighted by Gasteiger charge is -2.56. The minimum absolute atomic E-state index is 0.0571. The number of benzene rings is 1. The van der Waals surface area contributed by atoms with Gasteiger partial charge in [0.2, 0.25) is 0 Å². The fraction of sp³-hybridized carbons (Fsp3) is 0.700. The zero-order valence-electron chi connectivity index (χ0n) is 22.2. The maximum Gasteiger partial charge on any atom is 0.326 e. The normalized spacial score (nSPS) is 41.9. The van der Waals surface area contributed by atoms with Crippen molar-refractivity contribution in [3.63, 3.8) is 0 Å². The van der Waals surface area contributed by atoms with Crippen molar-refractivity contribution in [2.45, 2.75) is 88.5 Å². The number of aromatic nitrogens is 2. The lowest BCUT2D eigenvalue weighted by molar-refractivity contribution is -0.140. The van der Waals surface area contributed by atoms with E-state index in [1.165, 1.54) is 32.1 Å². The second kappa shape index (κ2) is 8.28. The van der Waals surface area contributed by atoms with Crippen LogP contribution < -0.4 is 10.5 Å². The number of aliphatic carboxylic acids is 1. The summed E-state index contributed by atoms with van der Waals surface area (Å²) in [4.78, 5) is 35.0. The topological polar surface area (TPSA) is 87.9 Å². The minimum atomic E-state index is -0.888. The van der Waals surface area contributed by atoms with Crippen LogP contribution in [0.5, 0.6) is 0 Å². The first-order chi connectivity index (χ1) is 18.4. The van der Waals surface area contributed by atoms with Crippen LogP contribution in [0.15, 0.2) is 29.1 Å². The number of rotatable bonds is 4. The number of nitrogens with zero attached hydrogens (tertiary/aromatic N) is 4. The number of hydrogen-bond donors (Lipinski definition) is 1. The molecule has 0 radical (unpaired) electrons. The molecule has 8 heteroatoms. The Balaban J connectivity index is 1.13. The van der Waals surface area contributed by atoms with Crippen LogP contribution in [-0.4, -0.2) is 69.5 Å². The average Bonchev–Trinajstić information content (AvgIpc) is 3.02. The Hall–Kier alpha value is -2.45. The molecule has 1 aromatic carbocycles. The molecular weight excluding hydrogens is 480 g/mol.